The van der Waals surface area contributed by atoms with E-state index in [4.69, 9.17) is 14.9 Å². The van der Waals surface area contributed by atoms with Crippen LogP contribution in [0.3, 0.4) is 0 Å². The van der Waals surface area contributed by atoms with Crippen molar-refractivity contribution in [1.82, 2.24) is 9.78 Å². The highest BCUT2D eigenvalue weighted by Gasteiger charge is 2.61. The Labute approximate surface area is 238 Å². The highest BCUT2D eigenvalue weighted by atomic mass is 28.4. The summed E-state index contributed by atoms with van der Waals surface area (Å²) in [7, 11) is -0.0344. The molecule has 6 nitrogen and oxygen atoms in total. The Kier molecular flexibility index (Phi) is 7.69. The molecule has 1 aromatic heterocycles. The number of fused-ring (bicyclic) bond motifs is 5. The number of nitrogens with zero attached hydrogens (tertiary/aromatic N) is 2. The summed E-state index contributed by atoms with van der Waals surface area (Å²) in [4.78, 5) is 0. The fourth-order valence-electron chi connectivity index (χ4n) is 10.1. The van der Waals surface area contributed by atoms with Gasteiger partial charge in [-0.3, -0.25) is 4.68 Å². The SMILES string of the molecule is COCC1(O[Si](C)(C)C(C)(C)C)CC[C@H]2[C@H](CC[C@@H]3[C@@H]2CC[C@]2(C)C([C@@](C)(O)Cn4cc(N)cn4)CC[C@@H]32)C1. The molecule has 0 bridgehead atoms. The van der Waals surface area contributed by atoms with Crippen LogP contribution >= 0.6 is 0 Å². The first-order chi connectivity index (χ1) is 18.1. The van der Waals surface area contributed by atoms with Gasteiger partial charge in [0.1, 0.15) is 0 Å². The number of nitrogens with two attached hydrogens (primary N) is 1. The lowest BCUT2D eigenvalue weighted by molar-refractivity contribution is -0.134. The van der Waals surface area contributed by atoms with Gasteiger partial charge in [0.05, 0.1) is 36.2 Å². The molecule has 39 heavy (non-hydrogen) atoms. The molecular weight excluding hydrogens is 502 g/mol. The van der Waals surface area contributed by atoms with E-state index in [1.54, 1.807) is 6.20 Å². The number of rotatable bonds is 7. The van der Waals surface area contributed by atoms with Crippen molar-refractivity contribution in [2.45, 2.75) is 128 Å². The van der Waals surface area contributed by atoms with Crippen molar-refractivity contribution in [2.75, 3.05) is 19.5 Å². The van der Waals surface area contributed by atoms with E-state index in [9.17, 15) is 5.11 Å². The van der Waals surface area contributed by atoms with Crippen molar-refractivity contribution in [3.63, 3.8) is 0 Å². The van der Waals surface area contributed by atoms with E-state index in [1.807, 2.05) is 24.9 Å². The Bertz CT molecular complexity index is 1020. The molecule has 4 fully saturated rings. The van der Waals surface area contributed by atoms with Crippen LogP contribution in [0, 0.1) is 40.9 Å². The van der Waals surface area contributed by atoms with Crippen molar-refractivity contribution in [2.24, 2.45) is 40.9 Å². The zero-order valence-corrected chi connectivity index (χ0v) is 27.1. The van der Waals surface area contributed by atoms with E-state index < -0.39 is 13.9 Å². The van der Waals surface area contributed by atoms with E-state index in [0.717, 1.165) is 49.0 Å². The average molecular weight is 560 g/mol. The second-order valence-electron chi connectivity index (χ2n) is 16.2. The van der Waals surface area contributed by atoms with Crippen LogP contribution < -0.4 is 5.73 Å². The Balaban J connectivity index is 1.30. The lowest BCUT2D eigenvalue weighted by Gasteiger charge is -2.59. The molecule has 1 heterocycles. The minimum absolute atomic E-state index is 0.109. The smallest absolute Gasteiger partial charge is 0.192 e. The minimum Gasteiger partial charge on any atom is -0.409 e. The van der Waals surface area contributed by atoms with Crippen LogP contribution in [0.2, 0.25) is 18.1 Å². The van der Waals surface area contributed by atoms with Crippen LogP contribution in [0.25, 0.3) is 0 Å². The standard InChI is InChI=1S/C32H57N3O3Si/c1-29(2,3)39(7,8)38-32(21-37-6)16-14-24-22(17-32)9-10-26-25(24)13-15-30(4)27(26)11-12-28(30)31(5,36)20-35-19-23(33)18-34-35/h18-19,22,24-28,36H,9-17,20-21,33H2,1-8H3/t22-,24+,25-,26-,27+,28?,30+,31+,32?/m1/s1. The Hall–Kier alpha value is -0.893. The molecular formula is C32H57N3O3Si. The number of methoxy groups -OCH3 is 1. The van der Waals surface area contributed by atoms with Crippen LogP contribution in [-0.4, -0.2) is 48.1 Å². The van der Waals surface area contributed by atoms with Gasteiger partial charge in [-0.15, -0.1) is 0 Å². The van der Waals surface area contributed by atoms with Gasteiger partial charge in [-0.2, -0.15) is 5.10 Å². The predicted molar refractivity (Wildman–Crippen MR) is 161 cm³/mol. The molecule has 3 N–H and O–H groups in total. The highest BCUT2D eigenvalue weighted by molar-refractivity contribution is 6.74. The quantitative estimate of drug-likeness (QED) is 0.355. The maximum Gasteiger partial charge on any atom is 0.192 e. The minimum atomic E-state index is -1.89. The first kappa shape index (κ1) is 29.6. The fraction of sp³-hybridized carbons (Fsp3) is 0.906. The largest absolute Gasteiger partial charge is 0.409 e. The molecule has 0 radical (unpaired) electrons. The molecule has 1 aromatic rings. The molecule has 2 unspecified atom stereocenters. The van der Waals surface area contributed by atoms with Gasteiger partial charge in [0.15, 0.2) is 8.32 Å². The van der Waals surface area contributed by atoms with Crippen LogP contribution in [-0.2, 0) is 15.7 Å². The fourth-order valence-corrected chi connectivity index (χ4v) is 11.7. The van der Waals surface area contributed by atoms with Gasteiger partial charge >= 0.3 is 0 Å². The first-order valence-corrected chi connectivity index (χ1v) is 18.7. The van der Waals surface area contributed by atoms with E-state index in [0.29, 0.717) is 18.2 Å². The van der Waals surface area contributed by atoms with E-state index >= 15 is 0 Å². The third-order valence-electron chi connectivity index (χ3n) is 12.7. The summed E-state index contributed by atoms with van der Waals surface area (Å²) in [5, 5.41) is 16.4. The van der Waals surface area contributed by atoms with Crippen LogP contribution in [0.5, 0.6) is 0 Å². The number of hydrogen-bond donors (Lipinski definition) is 2. The van der Waals surface area contributed by atoms with E-state index in [2.05, 4.69) is 45.9 Å². The molecule has 5 rings (SSSR count). The maximum absolute atomic E-state index is 11.8. The normalized spacial score (nSPS) is 40.4. The van der Waals surface area contributed by atoms with E-state index in [-0.39, 0.29) is 16.1 Å². The highest BCUT2D eigenvalue weighted by Crippen LogP contribution is 2.66. The topological polar surface area (TPSA) is 82.5 Å². The van der Waals surface area contributed by atoms with Gasteiger partial charge in [-0.05, 0) is 124 Å². The van der Waals surface area contributed by atoms with Gasteiger partial charge in [0.2, 0.25) is 0 Å². The van der Waals surface area contributed by atoms with Gasteiger partial charge < -0.3 is 20.0 Å². The number of anilines is 1. The monoisotopic (exact) mass is 559 g/mol. The second kappa shape index (κ2) is 10.1. The average Bonchev–Trinajstić information content (AvgIpc) is 3.39. The molecule has 0 spiro atoms. The summed E-state index contributed by atoms with van der Waals surface area (Å²) in [6.07, 6.45) is 14.8. The van der Waals surface area contributed by atoms with Gasteiger partial charge in [-0.25, -0.2) is 0 Å². The number of nitrogen functional groups attached to an aromatic ring is 1. The summed E-state index contributed by atoms with van der Waals surface area (Å²) in [6.45, 7) is 17.7. The van der Waals surface area contributed by atoms with E-state index in [1.165, 1.54) is 44.9 Å². The Morgan fingerprint density at radius 3 is 2.41 bits per heavy atom. The molecule has 9 atom stereocenters. The predicted octanol–water partition coefficient (Wildman–Crippen LogP) is 6.89. The van der Waals surface area contributed by atoms with Gasteiger partial charge in [0.25, 0.3) is 0 Å². The first-order valence-electron chi connectivity index (χ1n) is 15.8. The molecule has 222 valence electrons. The summed E-state index contributed by atoms with van der Waals surface area (Å²) in [5.74, 6) is 4.26. The van der Waals surface area contributed by atoms with Crippen LogP contribution in [0.1, 0.15) is 92.4 Å². The van der Waals surface area contributed by atoms with Gasteiger partial charge in [-0.1, -0.05) is 27.7 Å². The molecule has 0 aliphatic heterocycles. The maximum atomic E-state index is 11.8. The third-order valence-corrected chi connectivity index (χ3v) is 17.2. The number of aliphatic hydroxyl groups is 1. The van der Waals surface area contributed by atoms with Crippen molar-refractivity contribution >= 4 is 14.0 Å². The molecule has 4 saturated carbocycles. The lowest BCUT2D eigenvalue weighted by Crippen LogP contribution is -2.57. The number of hydrogen-bond acceptors (Lipinski definition) is 5. The molecule has 4 aliphatic carbocycles. The summed E-state index contributed by atoms with van der Waals surface area (Å²) >= 11 is 0. The molecule has 4 aliphatic rings. The number of aromatic nitrogens is 2. The van der Waals surface area contributed by atoms with Gasteiger partial charge in [0, 0.05) is 13.3 Å². The van der Waals surface area contributed by atoms with Crippen molar-refractivity contribution in [3.8, 4) is 0 Å². The zero-order valence-electron chi connectivity index (χ0n) is 26.1. The second-order valence-corrected chi connectivity index (χ2v) is 20.9. The van der Waals surface area contributed by atoms with Crippen molar-refractivity contribution in [1.29, 1.82) is 0 Å². The van der Waals surface area contributed by atoms with Crippen LogP contribution in [0.4, 0.5) is 5.69 Å². The Morgan fingerprint density at radius 2 is 1.77 bits per heavy atom. The van der Waals surface area contributed by atoms with Crippen molar-refractivity contribution < 1.29 is 14.3 Å². The zero-order chi connectivity index (χ0) is 28.4. The molecule has 0 amide bonds. The molecule has 0 saturated heterocycles. The molecule has 7 heteroatoms. The molecule has 0 aromatic carbocycles. The summed E-state index contributed by atoms with van der Waals surface area (Å²) in [6, 6.07) is 0. The number of ether oxygens (including phenoxy) is 1. The Morgan fingerprint density at radius 1 is 1.05 bits per heavy atom. The lowest BCUT2D eigenvalue weighted by atomic mass is 9.48. The van der Waals surface area contributed by atoms with Crippen LogP contribution in [0.15, 0.2) is 12.4 Å². The summed E-state index contributed by atoms with van der Waals surface area (Å²) < 4.78 is 14.9. The third kappa shape index (κ3) is 5.28. The summed E-state index contributed by atoms with van der Waals surface area (Å²) in [5.41, 5.74) is 5.89. The van der Waals surface area contributed by atoms with Crippen molar-refractivity contribution in [3.05, 3.63) is 12.4 Å².